The molecule has 1 aromatic rings. The molecule has 1 aliphatic rings. The van der Waals surface area contributed by atoms with Gasteiger partial charge >= 0.3 is 6.03 Å². The van der Waals surface area contributed by atoms with Crippen LogP contribution in [0.2, 0.25) is 0 Å². The lowest BCUT2D eigenvalue weighted by Crippen LogP contribution is -2.46. The summed E-state index contributed by atoms with van der Waals surface area (Å²) in [6.07, 6.45) is 3.77. The molecule has 5 nitrogen and oxygen atoms in total. The van der Waals surface area contributed by atoms with Crippen LogP contribution in [-0.2, 0) is 6.54 Å². The van der Waals surface area contributed by atoms with E-state index in [4.69, 9.17) is 0 Å². The fourth-order valence-electron chi connectivity index (χ4n) is 2.06. The Morgan fingerprint density at radius 1 is 1.44 bits per heavy atom. The zero-order valence-electron chi connectivity index (χ0n) is 10.7. The van der Waals surface area contributed by atoms with Gasteiger partial charge in [0.1, 0.15) is 0 Å². The van der Waals surface area contributed by atoms with Crippen LogP contribution in [0.3, 0.4) is 0 Å². The molecule has 2 N–H and O–H groups in total. The SMILES string of the molecule is CN1CCC(NC(=O)NCc2ccccn2)CC1. The Balaban J connectivity index is 1.69. The molecule has 0 aliphatic carbocycles. The van der Waals surface area contributed by atoms with Gasteiger partial charge in [0.2, 0.25) is 0 Å². The minimum Gasteiger partial charge on any atom is -0.335 e. The molecular weight excluding hydrogens is 228 g/mol. The minimum absolute atomic E-state index is 0.102. The maximum absolute atomic E-state index is 11.7. The number of rotatable bonds is 3. The second-order valence-corrected chi connectivity index (χ2v) is 4.73. The zero-order valence-corrected chi connectivity index (χ0v) is 10.7. The summed E-state index contributed by atoms with van der Waals surface area (Å²) >= 11 is 0. The van der Waals surface area contributed by atoms with E-state index >= 15 is 0 Å². The smallest absolute Gasteiger partial charge is 0.315 e. The van der Waals surface area contributed by atoms with E-state index in [-0.39, 0.29) is 6.03 Å². The van der Waals surface area contributed by atoms with Gasteiger partial charge in [-0.05, 0) is 45.1 Å². The fourth-order valence-corrected chi connectivity index (χ4v) is 2.06. The van der Waals surface area contributed by atoms with Crippen molar-refractivity contribution in [2.24, 2.45) is 0 Å². The molecule has 98 valence electrons. The van der Waals surface area contributed by atoms with Gasteiger partial charge < -0.3 is 15.5 Å². The Labute approximate surface area is 108 Å². The Morgan fingerprint density at radius 3 is 2.89 bits per heavy atom. The first-order valence-electron chi connectivity index (χ1n) is 6.37. The number of carbonyl (C=O) groups is 1. The van der Waals surface area contributed by atoms with Crippen LogP contribution in [0.25, 0.3) is 0 Å². The molecule has 2 heterocycles. The molecular formula is C13H20N4O. The first kappa shape index (κ1) is 12.8. The third-order valence-electron chi connectivity index (χ3n) is 3.21. The molecule has 2 amide bonds. The number of likely N-dealkylation sites (tertiary alicyclic amines) is 1. The van der Waals surface area contributed by atoms with Gasteiger partial charge in [-0.2, -0.15) is 0 Å². The molecule has 1 aliphatic heterocycles. The van der Waals surface area contributed by atoms with Crippen LogP contribution in [0.4, 0.5) is 4.79 Å². The summed E-state index contributed by atoms with van der Waals surface area (Å²) < 4.78 is 0. The lowest BCUT2D eigenvalue weighted by Gasteiger charge is -2.29. The normalized spacial score (nSPS) is 17.4. The molecule has 1 saturated heterocycles. The summed E-state index contributed by atoms with van der Waals surface area (Å²) in [7, 11) is 2.11. The number of carbonyl (C=O) groups excluding carboxylic acids is 1. The number of hydrogen-bond donors (Lipinski definition) is 2. The highest BCUT2D eigenvalue weighted by atomic mass is 16.2. The highest BCUT2D eigenvalue weighted by Crippen LogP contribution is 2.07. The molecule has 0 unspecified atom stereocenters. The molecule has 0 saturated carbocycles. The molecule has 18 heavy (non-hydrogen) atoms. The van der Waals surface area contributed by atoms with Crippen molar-refractivity contribution in [1.29, 1.82) is 0 Å². The highest BCUT2D eigenvalue weighted by molar-refractivity contribution is 5.74. The fraction of sp³-hybridized carbons (Fsp3) is 0.538. The first-order chi connectivity index (χ1) is 8.74. The Bertz CT molecular complexity index is 374. The van der Waals surface area contributed by atoms with Gasteiger partial charge in [-0.15, -0.1) is 0 Å². The number of pyridine rings is 1. The van der Waals surface area contributed by atoms with E-state index in [2.05, 4.69) is 27.6 Å². The second-order valence-electron chi connectivity index (χ2n) is 4.73. The van der Waals surface area contributed by atoms with Crippen molar-refractivity contribution in [3.8, 4) is 0 Å². The largest absolute Gasteiger partial charge is 0.335 e. The van der Waals surface area contributed by atoms with Gasteiger partial charge in [0, 0.05) is 12.2 Å². The first-order valence-corrected chi connectivity index (χ1v) is 6.37. The average Bonchev–Trinajstić information content (AvgIpc) is 2.40. The summed E-state index contributed by atoms with van der Waals surface area (Å²) in [4.78, 5) is 18.1. The predicted octanol–water partition coefficient (Wildman–Crippen LogP) is 0.975. The number of hydrogen-bond acceptors (Lipinski definition) is 3. The van der Waals surface area contributed by atoms with E-state index in [0.717, 1.165) is 31.6 Å². The van der Waals surface area contributed by atoms with Crippen molar-refractivity contribution in [1.82, 2.24) is 20.5 Å². The lowest BCUT2D eigenvalue weighted by atomic mass is 10.1. The summed E-state index contributed by atoms with van der Waals surface area (Å²) in [5, 5.41) is 5.84. The Morgan fingerprint density at radius 2 is 2.22 bits per heavy atom. The molecule has 1 aromatic heterocycles. The molecule has 5 heteroatoms. The Hall–Kier alpha value is -1.62. The number of amides is 2. The molecule has 0 spiro atoms. The van der Waals surface area contributed by atoms with E-state index < -0.39 is 0 Å². The van der Waals surface area contributed by atoms with Gasteiger partial charge in [-0.3, -0.25) is 4.98 Å². The van der Waals surface area contributed by atoms with Crippen molar-refractivity contribution in [3.63, 3.8) is 0 Å². The van der Waals surface area contributed by atoms with E-state index in [0.29, 0.717) is 12.6 Å². The van der Waals surface area contributed by atoms with Gasteiger partial charge in [0.05, 0.1) is 12.2 Å². The van der Waals surface area contributed by atoms with Gasteiger partial charge in [-0.25, -0.2) is 4.79 Å². The van der Waals surface area contributed by atoms with Crippen LogP contribution >= 0.6 is 0 Å². The van der Waals surface area contributed by atoms with Crippen LogP contribution < -0.4 is 10.6 Å². The second kappa shape index (κ2) is 6.35. The van der Waals surface area contributed by atoms with E-state index in [1.165, 1.54) is 0 Å². The third kappa shape index (κ3) is 4.00. The van der Waals surface area contributed by atoms with Crippen LogP contribution in [0, 0.1) is 0 Å². The minimum atomic E-state index is -0.102. The predicted molar refractivity (Wildman–Crippen MR) is 70.1 cm³/mol. The monoisotopic (exact) mass is 248 g/mol. The van der Waals surface area contributed by atoms with Crippen LogP contribution in [0.15, 0.2) is 24.4 Å². The van der Waals surface area contributed by atoms with Gasteiger partial charge in [0.25, 0.3) is 0 Å². The number of aromatic nitrogens is 1. The zero-order chi connectivity index (χ0) is 12.8. The number of nitrogens with one attached hydrogen (secondary N) is 2. The summed E-state index contributed by atoms with van der Waals surface area (Å²) in [6, 6.07) is 5.87. The van der Waals surface area contributed by atoms with Crippen molar-refractivity contribution < 1.29 is 4.79 Å². The lowest BCUT2D eigenvalue weighted by molar-refractivity contribution is 0.213. The van der Waals surface area contributed by atoms with E-state index in [9.17, 15) is 4.79 Å². The van der Waals surface area contributed by atoms with Gasteiger partial charge in [-0.1, -0.05) is 6.07 Å². The maximum Gasteiger partial charge on any atom is 0.315 e. The molecule has 0 bridgehead atoms. The summed E-state index contributed by atoms with van der Waals surface area (Å²) in [5.41, 5.74) is 0.871. The molecule has 0 radical (unpaired) electrons. The van der Waals surface area contributed by atoms with Gasteiger partial charge in [0.15, 0.2) is 0 Å². The maximum atomic E-state index is 11.7. The quantitative estimate of drug-likeness (QED) is 0.838. The van der Waals surface area contributed by atoms with Crippen molar-refractivity contribution in [3.05, 3.63) is 30.1 Å². The van der Waals surface area contributed by atoms with E-state index in [1.54, 1.807) is 6.20 Å². The molecule has 0 aromatic carbocycles. The summed E-state index contributed by atoms with van der Waals surface area (Å²) in [5.74, 6) is 0. The summed E-state index contributed by atoms with van der Waals surface area (Å²) in [6.45, 7) is 2.57. The average molecular weight is 248 g/mol. The Kier molecular flexibility index (Phi) is 4.52. The molecule has 0 atom stereocenters. The third-order valence-corrected chi connectivity index (χ3v) is 3.21. The molecule has 2 rings (SSSR count). The number of urea groups is 1. The number of nitrogens with zero attached hydrogens (tertiary/aromatic N) is 2. The van der Waals surface area contributed by atoms with Crippen molar-refractivity contribution in [2.75, 3.05) is 20.1 Å². The van der Waals surface area contributed by atoms with Crippen molar-refractivity contribution in [2.45, 2.75) is 25.4 Å². The van der Waals surface area contributed by atoms with Crippen LogP contribution in [-0.4, -0.2) is 42.1 Å². The van der Waals surface area contributed by atoms with Crippen molar-refractivity contribution >= 4 is 6.03 Å². The molecule has 1 fully saturated rings. The van der Waals surface area contributed by atoms with E-state index in [1.807, 2.05) is 18.2 Å². The van der Waals surface area contributed by atoms with Crippen LogP contribution in [0.5, 0.6) is 0 Å². The standard InChI is InChI=1S/C13H20N4O/c1-17-8-5-11(6-9-17)16-13(18)15-10-12-4-2-3-7-14-12/h2-4,7,11H,5-6,8-10H2,1H3,(H2,15,16,18). The topological polar surface area (TPSA) is 57.3 Å². The highest BCUT2D eigenvalue weighted by Gasteiger charge is 2.17. The van der Waals surface area contributed by atoms with Crippen LogP contribution in [0.1, 0.15) is 18.5 Å². The number of piperidine rings is 1.